The van der Waals surface area contributed by atoms with Crippen molar-refractivity contribution in [2.24, 2.45) is 12.8 Å². The predicted molar refractivity (Wildman–Crippen MR) is 108 cm³/mol. The summed E-state index contributed by atoms with van der Waals surface area (Å²) < 4.78 is 6.75. The lowest BCUT2D eigenvalue weighted by Crippen LogP contribution is -2.19. The van der Waals surface area contributed by atoms with Crippen molar-refractivity contribution < 1.29 is 14.3 Å². The number of primary amides is 1. The molecule has 1 rings (SSSR count). The van der Waals surface area contributed by atoms with Crippen molar-refractivity contribution in [3.63, 3.8) is 0 Å². The first-order chi connectivity index (χ1) is 12.8. The van der Waals surface area contributed by atoms with Crippen LogP contribution in [0.2, 0.25) is 0 Å². The number of hydrogen-bond donors (Lipinski definition) is 2. The summed E-state index contributed by atoms with van der Waals surface area (Å²) in [6.07, 6.45) is 7.91. The molecule has 0 aliphatic carbocycles. The molecule has 0 bridgehead atoms. The van der Waals surface area contributed by atoms with Crippen LogP contribution in [-0.4, -0.2) is 34.1 Å². The third-order valence-corrected chi connectivity index (χ3v) is 3.87. The van der Waals surface area contributed by atoms with Gasteiger partial charge in [-0.25, -0.2) is 0 Å². The number of nitrogens with zero attached hydrogens (tertiary/aromatic N) is 2. The molecule has 3 N–H and O–H groups in total. The van der Waals surface area contributed by atoms with Gasteiger partial charge in [0.05, 0.1) is 23.7 Å². The number of alkyl halides is 1. The lowest BCUT2D eigenvalue weighted by molar-refractivity contribution is -0.111. The summed E-state index contributed by atoms with van der Waals surface area (Å²) in [6.45, 7) is 6.30. The summed E-state index contributed by atoms with van der Waals surface area (Å²) >= 11 is 5.91. The minimum atomic E-state index is -0.646. The highest BCUT2D eigenvalue weighted by molar-refractivity contribution is 6.19. The van der Waals surface area contributed by atoms with Gasteiger partial charge >= 0.3 is 0 Å². The molecule has 0 aliphatic heterocycles. The Hall–Kier alpha value is -2.54. The number of rotatable bonds is 10. The average molecular weight is 395 g/mol. The van der Waals surface area contributed by atoms with Gasteiger partial charge in [0, 0.05) is 19.0 Å². The van der Waals surface area contributed by atoms with Crippen LogP contribution in [0.3, 0.4) is 0 Å². The van der Waals surface area contributed by atoms with Crippen LogP contribution in [0, 0.1) is 0 Å². The van der Waals surface area contributed by atoms with Gasteiger partial charge in [-0.05, 0) is 31.9 Å². The fourth-order valence-electron chi connectivity index (χ4n) is 2.49. The number of halogens is 1. The molecular formula is C19H27ClN4O3. The van der Waals surface area contributed by atoms with Crippen LogP contribution >= 0.6 is 11.6 Å². The van der Waals surface area contributed by atoms with Gasteiger partial charge in [0.25, 0.3) is 5.91 Å². The molecule has 8 heteroatoms. The van der Waals surface area contributed by atoms with E-state index in [9.17, 15) is 9.59 Å². The quantitative estimate of drug-likeness (QED) is 0.275. The van der Waals surface area contributed by atoms with Crippen LogP contribution in [0.25, 0.3) is 0 Å². The first-order valence-electron chi connectivity index (χ1n) is 8.74. The lowest BCUT2D eigenvalue weighted by Gasteiger charge is -2.05. The van der Waals surface area contributed by atoms with Crippen molar-refractivity contribution in [1.29, 1.82) is 0 Å². The predicted octanol–water partition coefficient (Wildman–Crippen LogP) is 3.07. The number of allylic oxidation sites excluding steroid dienone is 5. The fourth-order valence-corrected chi connectivity index (χ4v) is 2.66. The zero-order valence-corrected chi connectivity index (χ0v) is 17.0. The summed E-state index contributed by atoms with van der Waals surface area (Å²) in [5.41, 5.74) is 7.38. The first kappa shape index (κ1) is 22.5. The van der Waals surface area contributed by atoms with Gasteiger partial charge in [-0.3, -0.25) is 14.3 Å². The number of nitrogens with two attached hydrogens (primary N) is 1. The molecule has 0 fully saturated rings. The number of carbonyl (C=O) groups excluding carboxylic acids is 2. The van der Waals surface area contributed by atoms with Crippen LogP contribution in [0.1, 0.15) is 43.4 Å². The molecule has 0 radical (unpaired) electrons. The first-order valence-corrected chi connectivity index (χ1v) is 9.28. The third kappa shape index (κ3) is 6.94. The van der Waals surface area contributed by atoms with Crippen molar-refractivity contribution >= 4 is 29.1 Å². The van der Waals surface area contributed by atoms with Gasteiger partial charge in [-0.2, -0.15) is 5.10 Å². The van der Waals surface area contributed by atoms with E-state index in [1.807, 2.05) is 26.8 Å². The summed E-state index contributed by atoms with van der Waals surface area (Å²) in [6, 6.07) is 0. The van der Waals surface area contributed by atoms with Gasteiger partial charge < -0.3 is 15.8 Å². The molecule has 0 unspecified atom stereocenters. The Balaban J connectivity index is 2.96. The molecule has 0 aliphatic rings. The average Bonchev–Trinajstić information content (AvgIpc) is 2.89. The molecule has 1 aromatic rings. The van der Waals surface area contributed by atoms with E-state index in [4.69, 9.17) is 22.1 Å². The summed E-state index contributed by atoms with van der Waals surface area (Å²) in [4.78, 5) is 23.9. The van der Waals surface area contributed by atoms with Gasteiger partial charge in [0.15, 0.2) is 0 Å². The zero-order valence-electron chi connectivity index (χ0n) is 16.2. The van der Waals surface area contributed by atoms with E-state index in [0.717, 1.165) is 17.8 Å². The molecule has 1 aromatic heterocycles. The minimum absolute atomic E-state index is 0.174. The summed E-state index contributed by atoms with van der Waals surface area (Å²) in [5, 5.41) is 6.98. The molecule has 2 amide bonds. The van der Waals surface area contributed by atoms with E-state index in [2.05, 4.69) is 10.4 Å². The molecule has 0 atom stereocenters. The van der Waals surface area contributed by atoms with Crippen LogP contribution in [-0.2, 0) is 23.0 Å². The van der Waals surface area contributed by atoms with Gasteiger partial charge in [-0.15, -0.1) is 11.6 Å². The highest BCUT2D eigenvalue weighted by atomic mass is 35.5. The van der Waals surface area contributed by atoms with E-state index in [-0.39, 0.29) is 11.6 Å². The Kier molecular flexibility index (Phi) is 9.36. The molecule has 1 heterocycles. The molecule has 0 saturated heterocycles. The number of aromatic nitrogens is 2. The molecule has 0 spiro atoms. The van der Waals surface area contributed by atoms with Crippen molar-refractivity contribution in [2.45, 2.75) is 33.6 Å². The maximum atomic E-state index is 12.3. The minimum Gasteiger partial charge on any atom is -0.499 e. The Morgan fingerprint density at radius 2 is 2.07 bits per heavy atom. The second-order valence-corrected chi connectivity index (χ2v) is 6.09. The number of anilines is 1. The molecule has 0 saturated carbocycles. The van der Waals surface area contributed by atoms with Crippen molar-refractivity contribution in [3.8, 4) is 0 Å². The summed E-state index contributed by atoms with van der Waals surface area (Å²) in [7, 11) is 1.62. The largest absolute Gasteiger partial charge is 0.499 e. The topological polar surface area (TPSA) is 99.2 Å². The number of aryl methyl sites for hydroxylation is 2. The molecule has 27 heavy (non-hydrogen) atoms. The highest BCUT2D eigenvalue weighted by Gasteiger charge is 2.20. The number of amides is 2. The van der Waals surface area contributed by atoms with Gasteiger partial charge in [0.1, 0.15) is 5.69 Å². The van der Waals surface area contributed by atoms with E-state index < -0.39 is 11.8 Å². The van der Waals surface area contributed by atoms with E-state index in [0.29, 0.717) is 24.4 Å². The molecule has 0 aromatic carbocycles. The highest BCUT2D eigenvalue weighted by Crippen LogP contribution is 2.21. The SMILES string of the molecule is CCCc1nn(C)c(C(N)=O)c1NC(=O)/C=C/C=C(\C=C(/C)OCC)CCl. The van der Waals surface area contributed by atoms with E-state index in [1.165, 1.54) is 10.8 Å². The fraction of sp³-hybridized carbons (Fsp3) is 0.421. The zero-order chi connectivity index (χ0) is 20.4. The number of hydrogen-bond acceptors (Lipinski definition) is 4. The van der Waals surface area contributed by atoms with Crippen LogP contribution in [0.4, 0.5) is 5.69 Å². The van der Waals surface area contributed by atoms with Crippen LogP contribution in [0.5, 0.6) is 0 Å². The number of carbonyl (C=O) groups is 2. The smallest absolute Gasteiger partial charge is 0.269 e. The Bertz CT molecular complexity index is 763. The van der Waals surface area contributed by atoms with Crippen molar-refractivity contribution in [2.75, 3.05) is 17.8 Å². The summed E-state index contributed by atoms with van der Waals surface area (Å²) in [5.74, 6) is -0.00946. The number of nitrogens with one attached hydrogen (secondary N) is 1. The normalized spacial score (nSPS) is 12.5. The van der Waals surface area contributed by atoms with Crippen molar-refractivity contribution in [3.05, 3.63) is 47.0 Å². The van der Waals surface area contributed by atoms with Crippen molar-refractivity contribution in [1.82, 2.24) is 9.78 Å². The molecular weight excluding hydrogens is 368 g/mol. The molecule has 7 nitrogen and oxygen atoms in total. The number of ether oxygens (including phenoxy) is 1. The Morgan fingerprint density at radius 3 is 2.63 bits per heavy atom. The Morgan fingerprint density at radius 1 is 1.37 bits per heavy atom. The van der Waals surface area contributed by atoms with Crippen LogP contribution < -0.4 is 11.1 Å². The van der Waals surface area contributed by atoms with Gasteiger partial charge in [0.2, 0.25) is 5.91 Å². The van der Waals surface area contributed by atoms with E-state index in [1.54, 1.807) is 19.2 Å². The van der Waals surface area contributed by atoms with Gasteiger partial charge in [-0.1, -0.05) is 25.5 Å². The standard InChI is InChI=1S/C19H27ClN4O3/c1-5-8-15-17(18(19(21)26)24(4)23-15)22-16(25)10-7-9-14(12-20)11-13(3)27-6-2/h7,9-11H,5-6,8,12H2,1-4H3,(H2,21,26)(H,22,25)/b10-7+,13-11+,14-9+. The second kappa shape index (κ2) is 11.2. The molecule has 148 valence electrons. The third-order valence-electron chi connectivity index (χ3n) is 3.56. The lowest BCUT2D eigenvalue weighted by atomic mass is 10.2. The monoisotopic (exact) mass is 394 g/mol. The maximum Gasteiger partial charge on any atom is 0.269 e. The van der Waals surface area contributed by atoms with E-state index >= 15 is 0 Å². The maximum absolute atomic E-state index is 12.3. The second-order valence-electron chi connectivity index (χ2n) is 5.82. The Labute approximate surface area is 164 Å². The van der Waals surface area contributed by atoms with Crippen LogP contribution in [0.15, 0.2) is 35.6 Å².